The van der Waals surface area contributed by atoms with Gasteiger partial charge >= 0.3 is 5.63 Å². The van der Waals surface area contributed by atoms with Crippen molar-refractivity contribution >= 4 is 11.0 Å². The molecule has 108 valence electrons. The van der Waals surface area contributed by atoms with E-state index in [4.69, 9.17) is 18.6 Å². The second-order valence-electron chi connectivity index (χ2n) is 4.17. The van der Waals surface area contributed by atoms with Gasteiger partial charge in [-0.3, -0.25) is 0 Å². The summed E-state index contributed by atoms with van der Waals surface area (Å²) in [4.78, 5) is 11.8. The van der Waals surface area contributed by atoms with Crippen LogP contribution < -0.4 is 19.8 Å². The maximum Gasteiger partial charge on any atom is 0.342 e. The first-order valence-electron chi connectivity index (χ1n) is 5.95. The summed E-state index contributed by atoms with van der Waals surface area (Å²) in [5, 5.41) is 10.1. The third-order valence-electron chi connectivity index (χ3n) is 3.17. The van der Waals surface area contributed by atoms with Gasteiger partial charge in [-0.05, 0) is 6.92 Å². The first-order chi connectivity index (χ1) is 9.58. The normalized spacial score (nSPS) is 10.7. The van der Waals surface area contributed by atoms with Crippen LogP contribution in [0.4, 0.5) is 0 Å². The fraction of sp³-hybridized carbons (Fsp3) is 0.357. The Bertz CT molecular complexity index is 701. The summed E-state index contributed by atoms with van der Waals surface area (Å²) >= 11 is 0. The maximum absolute atomic E-state index is 11.8. The van der Waals surface area contributed by atoms with E-state index < -0.39 is 5.63 Å². The highest BCUT2D eigenvalue weighted by Crippen LogP contribution is 2.41. The fourth-order valence-corrected chi connectivity index (χ4v) is 2.24. The molecule has 0 radical (unpaired) electrons. The zero-order valence-electron chi connectivity index (χ0n) is 11.8. The molecule has 0 aliphatic rings. The second-order valence-corrected chi connectivity index (χ2v) is 4.17. The minimum atomic E-state index is -0.495. The minimum Gasteiger partial charge on any atom is -0.495 e. The van der Waals surface area contributed by atoms with E-state index in [1.54, 1.807) is 6.92 Å². The molecule has 0 aliphatic carbocycles. The molecule has 0 atom stereocenters. The van der Waals surface area contributed by atoms with Crippen molar-refractivity contribution in [2.24, 2.45) is 0 Å². The van der Waals surface area contributed by atoms with Crippen molar-refractivity contribution in [2.45, 2.75) is 13.5 Å². The Morgan fingerprint density at radius 3 is 2.30 bits per heavy atom. The molecule has 1 heterocycles. The van der Waals surface area contributed by atoms with Crippen LogP contribution in [0.1, 0.15) is 11.1 Å². The highest BCUT2D eigenvalue weighted by atomic mass is 16.5. The molecule has 6 heteroatoms. The van der Waals surface area contributed by atoms with E-state index in [2.05, 4.69) is 0 Å². The third-order valence-corrected chi connectivity index (χ3v) is 3.17. The Hall–Kier alpha value is -2.21. The molecule has 0 amide bonds. The van der Waals surface area contributed by atoms with Gasteiger partial charge in [-0.15, -0.1) is 0 Å². The number of methoxy groups -OCH3 is 3. The number of fused-ring (bicyclic) bond motifs is 1. The van der Waals surface area contributed by atoms with E-state index >= 15 is 0 Å². The van der Waals surface area contributed by atoms with Gasteiger partial charge in [0.2, 0.25) is 0 Å². The second kappa shape index (κ2) is 5.42. The molecule has 20 heavy (non-hydrogen) atoms. The van der Waals surface area contributed by atoms with Crippen LogP contribution in [0.15, 0.2) is 15.3 Å². The average molecular weight is 280 g/mol. The molecule has 0 saturated carbocycles. The smallest absolute Gasteiger partial charge is 0.342 e. The van der Waals surface area contributed by atoms with E-state index in [1.807, 2.05) is 0 Å². The Balaban J connectivity index is 3.04. The topological polar surface area (TPSA) is 78.1 Å². The lowest BCUT2D eigenvalue weighted by molar-refractivity contribution is 0.271. The van der Waals surface area contributed by atoms with E-state index in [-0.39, 0.29) is 12.2 Å². The van der Waals surface area contributed by atoms with Gasteiger partial charge < -0.3 is 23.7 Å². The largest absolute Gasteiger partial charge is 0.495 e. The van der Waals surface area contributed by atoms with Crippen LogP contribution in [-0.2, 0) is 6.61 Å². The molecule has 6 nitrogen and oxygen atoms in total. The molecule has 1 aromatic heterocycles. The number of hydrogen-bond donors (Lipinski definition) is 1. The van der Waals surface area contributed by atoms with Gasteiger partial charge in [0.25, 0.3) is 0 Å². The summed E-state index contributed by atoms with van der Waals surface area (Å²) in [5.74, 6) is 1.12. The van der Waals surface area contributed by atoms with Crippen LogP contribution in [0.3, 0.4) is 0 Å². The summed E-state index contributed by atoms with van der Waals surface area (Å²) in [7, 11) is 4.40. The van der Waals surface area contributed by atoms with Gasteiger partial charge in [-0.1, -0.05) is 0 Å². The summed E-state index contributed by atoms with van der Waals surface area (Å²) in [6.45, 7) is 1.29. The molecule has 0 spiro atoms. The quantitative estimate of drug-likeness (QED) is 0.857. The van der Waals surface area contributed by atoms with Crippen molar-refractivity contribution in [3.63, 3.8) is 0 Å². The number of benzene rings is 1. The number of aliphatic hydroxyl groups excluding tert-OH is 1. The molecule has 0 saturated heterocycles. The van der Waals surface area contributed by atoms with Crippen molar-refractivity contribution in [2.75, 3.05) is 21.3 Å². The van der Waals surface area contributed by atoms with Crippen molar-refractivity contribution in [3.8, 4) is 17.2 Å². The summed E-state index contributed by atoms with van der Waals surface area (Å²) in [6.07, 6.45) is 0. The summed E-state index contributed by atoms with van der Waals surface area (Å²) in [6, 6.07) is 1.54. The molecule has 0 bridgehead atoms. The number of ether oxygens (including phenoxy) is 3. The van der Waals surface area contributed by atoms with Gasteiger partial charge in [0, 0.05) is 11.6 Å². The first-order valence-corrected chi connectivity index (χ1v) is 5.95. The lowest BCUT2D eigenvalue weighted by Crippen LogP contribution is -2.08. The lowest BCUT2D eigenvalue weighted by Gasteiger charge is -2.16. The van der Waals surface area contributed by atoms with E-state index in [0.717, 1.165) is 0 Å². The summed E-state index contributed by atoms with van der Waals surface area (Å²) < 4.78 is 21.0. The Labute approximate surface area is 115 Å². The highest BCUT2D eigenvalue weighted by Gasteiger charge is 2.21. The molecule has 1 aromatic carbocycles. The molecule has 0 unspecified atom stereocenters. The van der Waals surface area contributed by atoms with Crippen molar-refractivity contribution in [1.29, 1.82) is 0 Å². The molecular weight excluding hydrogens is 264 g/mol. The lowest BCUT2D eigenvalue weighted by atomic mass is 10.0. The Kier molecular flexibility index (Phi) is 3.85. The van der Waals surface area contributed by atoms with Gasteiger partial charge in [-0.2, -0.15) is 0 Å². The molecule has 0 fully saturated rings. The van der Waals surface area contributed by atoms with Crippen LogP contribution in [0.5, 0.6) is 17.2 Å². The highest BCUT2D eigenvalue weighted by molar-refractivity contribution is 5.91. The van der Waals surface area contributed by atoms with Gasteiger partial charge in [0.1, 0.15) is 11.3 Å². The van der Waals surface area contributed by atoms with Crippen LogP contribution in [0.2, 0.25) is 0 Å². The van der Waals surface area contributed by atoms with Gasteiger partial charge in [0.05, 0.1) is 38.9 Å². The molecular formula is C14H16O6. The minimum absolute atomic E-state index is 0.277. The SMILES string of the molecule is COc1cc2oc(=O)c(C)c(OC)c2c(CO)c1OC. The first kappa shape index (κ1) is 14.2. The number of aliphatic hydroxyl groups is 1. The average Bonchev–Trinajstić information content (AvgIpc) is 2.46. The van der Waals surface area contributed by atoms with Gasteiger partial charge in [-0.25, -0.2) is 4.79 Å². The van der Waals surface area contributed by atoms with Crippen molar-refractivity contribution in [3.05, 3.63) is 27.6 Å². The molecule has 2 rings (SSSR count). The Morgan fingerprint density at radius 2 is 1.80 bits per heavy atom. The number of rotatable bonds is 4. The van der Waals surface area contributed by atoms with Gasteiger partial charge in [0.15, 0.2) is 11.5 Å². The van der Waals surface area contributed by atoms with Crippen LogP contribution >= 0.6 is 0 Å². The van der Waals surface area contributed by atoms with Crippen molar-refractivity contribution < 1.29 is 23.7 Å². The molecule has 0 aliphatic heterocycles. The standard InChI is InChI=1S/C14H16O6/c1-7-12(18-3)11-8(6-15)13(19-4)10(17-2)5-9(11)20-14(7)16/h5,15H,6H2,1-4H3. The van der Waals surface area contributed by atoms with Crippen molar-refractivity contribution in [1.82, 2.24) is 0 Å². The summed E-state index contributed by atoms with van der Waals surface area (Å²) in [5.41, 5.74) is 0.567. The van der Waals surface area contributed by atoms with Crippen LogP contribution in [0, 0.1) is 6.92 Å². The number of hydrogen-bond acceptors (Lipinski definition) is 6. The predicted octanol–water partition coefficient (Wildman–Crippen LogP) is 1.62. The van der Waals surface area contributed by atoms with Crippen LogP contribution in [0.25, 0.3) is 11.0 Å². The van der Waals surface area contributed by atoms with Crippen LogP contribution in [-0.4, -0.2) is 26.4 Å². The fourth-order valence-electron chi connectivity index (χ4n) is 2.24. The zero-order chi connectivity index (χ0) is 14.9. The van der Waals surface area contributed by atoms with E-state index in [9.17, 15) is 9.90 Å². The predicted molar refractivity (Wildman–Crippen MR) is 72.8 cm³/mol. The zero-order valence-corrected chi connectivity index (χ0v) is 11.8. The maximum atomic E-state index is 11.8. The molecule has 2 aromatic rings. The molecule has 1 N–H and O–H groups in total. The third kappa shape index (κ3) is 1.98. The van der Waals surface area contributed by atoms with E-state index in [1.165, 1.54) is 27.4 Å². The monoisotopic (exact) mass is 280 g/mol. The Morgan fingerprint density at radius 1 is 1.15 bits per heavy atom. The van der Waals surface area contributed by atoms with E-state index in [0.29, 0.717) is 33.8 Å².